The molecule has 1 aromatic heterocycles. The lowest BCUT2D eigenvalue weighted by Gasteiger charge is -2.19. The molecule has 0 N–H and O–H groups in total. The first-order valence-corrected chi connectivity index (χ1v) is 16.5. The van der Waals surface area contributed by atoms with Crippen molar-refractivity contribution in [3.05, 3.63) is 121 Å². The summed E-state index contributed by atoms with van der Waals surface area (Å²) in [6.45, 7) is 4.84. The third kappa shape index (κ3) is 3.20. The summed E-state index contributed by atoms with van der Waals surface area (Å²) < 4.78 is 0. The van der Waals surface area contributed by atoms with Crippen LogP contribution in [-0.4, -0.2) is 18.0 Å². The van der Waals surface area contributed by atoms with Gasteiger partial charge in [0.2, 0.25) is 0 Å². The minimum Gasteiger partial charge on any atom is -0.237 e. The van der Waals surface area contributed by atoms with E-state index >= 15 is 0 Å². The molecule has 1 aliphatic heterocycles. The predicted octanol–water partition coefficient (Wildman–Crippen LogP) is 8.07. The molecule has 1 aliphatic rings. The fraction of sp³-hybridized carbons (Fsp3) is 0.0556. The van der Waals surface area contributed by atoms with Gasteiger partial charge in [0.05, 0.1) is 5.69 Å². The second-order valence-corrected chi connectivity index (χ2v) is 15.3. The van der Waals surface area contributed by atoms with Crippen molar-refractivity contribution < 1.29 is 0 Å². The summed E-state index contributed by atoms with van der Waals surface area (Å²) in [6, 6.07) is 43.7. The maximum Gasteiger partial charge on any atom is 0.159 e. The van der Waals surface area contributed by atoms with Crippen molar-refractivity contribution in [1.29, 1.82) is 0 Å². The Labute approximate surface area is 228 Å². The third-order valence-electron chi connectivity index (χ3n) is 8.42. The Bertz CT molecular complexity index is 2060. The molecule has 0 spiro atoms. The Morgan fingerprint density at radius 2 is 1.05 bits per heavy atom. The van der Waals surface area contributed by atoms with Crippen LogP contribution in [0.3, 0.4) is 0 Å². The molecule has 0 saturated heterocycles. The van der Waals surface area contributed by atoms with Crippen molar-refractivity contribution in [3.8, 4) is 33.8 Å². The van der Waals surface area contributed by atoms with Gasteiger partial charge in [-0.25, -0.2) is 9.97 Å². The van der Waals surface area contributed by atoms with Gasteiger partial charge in [-0.2, -0.15) is 0 Å². The number of hydrogen-bond acceptors (Lipinski definition) is 2. The lowest BCUT2D eigenvalue weighted by molar-refractivity contribution is 1.21. The van der Waals surface area contributed by atoms with Crippen molar-refractivity contribution in [2.75, 3.05) is 0 Å². The highest BCUT2D eigenvalue weighted by molar-refractivity contribution is 7.03. The zero-order chi connectivity index (χ0) is 26.1. The van der Waals surface area contributed by atoms with Gasteiger partial charge in [0, 0.05) is 22.0 Å². The van der Waals surface area contributed by atoms with Crippen LogP contribution in [0, 0.1) is 0 Å². The molecular weight excluding hydrogens is 488 g/mol. The molecule has 2 heterocycles. The van der Waals surface area contributed by atoms with Crippen molar-refractivity contribution in [2.45, 2.75) is 13.1 Å². The second kappa shape index (κ2) is 8.20. The largest absolute Gasteiger partial charge is 0.237 e. The number of hydrogen-bond donors (Lipinski definition) is 0. The van der Waals surface area contributed by atoms with Crippen LogP contribution >= 0.6 is 0 Å². The number of benzene rings is 6. The zero-order valence-corrected chi connectivity index (χ0v) is 22.9. The molecule has 7 aromatic rings. The molecular formula is C36H26N2Si. The summed E-state index contributed by atoms with van der Waals surface area (Å²) in [5.41, 5.74) is 5.73. The first-order valence-electron chi connectivity index (χ1n) is 13.5. The molecule has 0 radical (unpaired) electrons. The molecule has 39 heavy (non-hydrogen) atoms. The van der Waals surface area contributed by atoms with E-state index < -0.39 is 8.07 Å². The van der Waals surface area contributed by atoms with Crippen LogP contribution in [0.4, 0.5) is 0 Å². The summed E-state index contributed by atoms with van der Waals surface area (Å²) in [6.07, 6.45) is 0. The highest BCUT2D eigenvalue weighted by Crippen LogP contribution is 2.40. The first-order chi connectivity index (χ1) is 19.1. The lowest BCUT2D eigenvalue weighted by Crippen LogP contribution is -2.50. The number of aromatic nitrogens is 2. The number of rotatable bonds is 2. The lowest BCUT2D eigenvalue weighted by atomic mass is 9.92. The summed E-state index contributed by atoms with van der Waals surface area (Å²) in [5, 5.41) is 10.4. The molecule has 0 bridgehead atoms. The van der Waals surface area contributed by atoms with Gasteiger partial charge in [-0.1, -0.05) is 128 Å². The average molecular weight is 515 g/mol. The first kappa shape index (κ1) is 22.4. The Kier molecular flexibility index (Phi) is 4.70. The Hall–Kier alpha value is -4.60. The van der Waals surface area contributed by atoms with E-state index in [0.717, 1.165) is 22.6 Å². The molecule has 0 amide bonds. The van der Waals surface area contributed by atoms with Crippen LogP contribution in [0.5, 0.6) is 0 Å². The standard InChI is InChI=1S/C36H26N2Si/c1-39(2)32-19-11-10-18-30(32)33-34(37-35(38-36(33)39)23-12-4-3-5-13-23)24-20-21-29-27-16-7-6-14-25(27)26-15-8-9-17-28(26)31(29)22-24/h3-22H,1-2H3. The van der Waals surface area contributed by atoms with E-state index in [2.05, 4.69) is 128 Å². The van der Waals surface area contributed by atoms with E-state index in [1.54, 1.807) is 0 Å². The summed E-state index contributed by atoms with van der Waals surface area (Å²) in [4.78, 5) is 10.6. The van der Waals surface area contributed by atoms with Crippen molar-refractivity contribution in [2.24, 2.45) is 0 Å². The Balaban J connectivity index is 1.49. The zero-order valence-electron chi connectivity index (χ0n) is 21.9. The quantitative estimate of drug-likeness (QED) is 0.172. The van der Waals surface area contributed by atoms with Gasteiger partial charge in [-0.05, 0) is 49.1 Å². The van der Waals surface area contributed by atoms with Gasteiger partial charge >= 0.3 is 0 Å². The van der Waals surface area contributed by atoms with Gasteiger partial charge in [-0.15, -0.1) is 0 Å². The predicted molar refractivity (Wildman–Crippen MR) is 168 cm³/mol. The molecule has 0 aliphatic carbocycles. The maximum absolute atomic E-state index is 5.31. The number of fused-ring (bicyclic) bond motifs is 9. The van der Waals surface area contributed by atoms with Gasteiger partial charge in [0.15, 0.2) is 5.82 Å². The molecule has 3 heteroatoms. The van der Waals surface area contributed by atoms with Crippen LogP contribution in [0.1, 0.15) is 0 Å². The van der Waals surface area contributed by atoms with Crippen molar-refractivity contribution in [1.82, 2.24) is 9.97 Å². The van der Waals surface area contributed by atoms with Gasteiger partial charge < -0.3 is 0 Å². The highest BCUT2D eigenvalue weighted by Gasteiger charge is 2.41. The van der Waals surface area contributed by atoms with Gasteiger partial charge in [0.1, 0.15) is 8.07 Å². The third-order valence-corrected chi connectivity index (χ3v) is 11.7. The molecule has 0 fully saturated rings. The van der Waals surface area contributed by atoms with E-state index in [-0.39, 0.29) is 0 Å². The van der Waals surface area contributed by atoms with Crippen LogP contribution in [0.2, 0.25) is 13.1 Å². The van der Waals surface area contributed by atoms with Crippen LogP contribution in [-0.2, 0) is 0 Å². The monoisotopic (exact) mass is 514 g/mol. The van der Waals surface area contributed by atoms with E-state index in [4.69, 9.17) is 9.97 Å². The SMILES string of the molecule is C[Si]1(C)c2ccccc2-c2c(-c3ccc4c5ccccc5c5ccccc5c4c3)nc(-c3ccccc3)nc21. The Morgan fingerprint density at radius 3 is 1.74 bits per heavy atom. The van der Waals surface area contributed by atoms with E-state index in [9.17, 15) is 0 Å². The fourth-order valence-electron chi connectivity index (χ4n) is 6.52. The van der Waals surface area contributed by atoms with Gasteiger partial charge in [0.25, 0.3) is 0 Å². The topological polar surface area (TPSA) is 25.8 Å². The van der Waals surface area contributed by atoms with Crippen molar-refractivity contribution >= 4 is 50.9 Å². The molecule has 8 rings (SSSR count). The minimum atomic E-state index is -1.99. The smallest absolute Gasteiger partial charge is 0.159 e. The molecule has 0 atom stereocenters. The summed E-state index contributed by atoms with van der Waals surface area (Å²) in [7, 11) is -1.99. The number of nitrogens with zero attached hydrogens (tertiary/aromatic N) is 2. The fourth-order valence-corrected chi connectivity index (χ4v) is 9.44. The van der Waals surface area contributed by atoms with Crippen LogP contribution < -0.4 is 10.5 Å². The summed E-state index contributed by atoms with van der Waals surface area (Å²) in [5.74, 6) is 0.807. The Morgan fingerprint density at radius 1 is 0.487 bits per heavy atom. The van der Waals surface area contributed by atoms with E-state index in [1.165, 1.54) is 53.9 Å². The van der Waals surface area contributed by atoms with Crippen molar-refractivity contribution in [3.63, 3.8) is 0 Å². The second-order valence-electron chi connectivity index (χ2n) is 11.0. The van der Waals surface area contributed by atoms with Gasteiger partial charge in [-0.3, -0.25) is 0 Å². The normalized spacial score (nSPS) is 13.6. The van der Waals surface area contributed by atoms with Crippen LogP contribution in [0.15, 0.2) is 121 Å². The minimum absolute atomic E-state index is 0.807. The molecule has 184 valence electrons. The van der Waals surface area contributed by atoms with E-state index in [0.29, 0.717) is 0 Å². The van der Waals surface area contributed by atoms with Crippen LogP contribution in [0.25, 0.3) is 66.1 Å². The average Bonchev–Trinajstić information content (AvgIpc) is 3.23. The molecule has 2 nitrogen and oxygen atoms in total. The molecule has 6 aromatic carbocycles. The van der Waals surface area contributed by atoms with E-state index in [1.807, 2.05) is 6.07 Å². The summed E-state index contributed by atoms with van der Waals surface area (Å²) >= 11 is 0. The molecule has 0 unspecified atom stereocenters. The maximum atomic E-state index is 5.31. The molecule has 0 saturated carbocycles. The highest BCUT2D eigenvalue weighted by atomic mass is 28.3.